The smallest absolute Gasteiger partial charge is 0.433 e. The summed E-state index contributed by atoms with van der Waals surface area (Å²) in [6, 6.07) is 1.50. The van der Waals surface area contributed by atoms with Crippen LogP contribution in [0.3, 0.4) is 0 Å². The van der Waals surface area contributed by atoms with E-state index < -0.39 is 34.9 Å². The zero-order chi connectivity index (χ0) is 18.1. The van der Waals surface area contributed by atoms with Gasteiger partial charge in [0.25, 0.3) is 5.56 Å². The van der Waals surface area contributed by atoms with Crippen LogP contribution in [0.1, 0.15) is 12.6 Å². The van der Waals surface area contributed by atoms with E-state index in [-0.39, 0.29) is 23.4 Å². The minimum atomic E-state index is -4.85. The molecule has 1 aromatic carbocycles. The zero-order valence-corrected chi connectivity index (χ0v) is 13.2. The lowest BCUT2D eigenvalue weighted by atomic mass is 10.2. The Morgan fingerprint density at radius 1 is 1.29 bits per heavy atom. The molecule has 2 rings (SSSR count). The lowest BCUT2D eigenvalue weighted by molar-refractivity contribution is -0.141. The van der Waals surface area contributed by atoms with E-state index in [1.807, 2.05) is 0 Å². The van der Waals surface area contributed by atoms with Gasteiger partial charge in [0.15, 0.2) is 5.69 Å². The van der Waals surface area contributed by atoms with Crippen LogP contribution in [0.15, 0.2) is 23.0 Å². The minimum Gasteiger partial charge on any atom is -0.495 e. The molecule has 2 aromatic rings. The third kappa shape index (κ3) is 3.45. The molecule has 0 atom stereocenters. The van der Waals surface area contributed by atoms with Gasteiger partial charge in [-0.05, 0) is 13.0 Å². The predicted molar refractivity (Wildman–Crippen MR) is 77.5 cm³/mol. The first-order chi connectivity index (χ1) is 11.2. The van der Waals surface area contributed by atoms with Gasteiger partial charge < -0.3 is 9.47 Å². The second-order valence-electron chi connectivity index (χ2n) is 4.47. The van der Waals surface area contributed by atoms with E-state index in [2.05, 4.69) is 4.98 Å². The lowest BCUT2D eigenvalue weighted by Crippen LogP contribution is -2.25. The van der Waals surface area contributed by atoms with Crippen molar-refractivity contribution < 1.29 is 27.0 Å². The second kappa shape index (κ2) is 6.68. The highest BCUT2D eigenvalue weighted by Crippen LogP contribution is 2.32. The number of aromatic nitrogens is 2. The van der Waals surface area contributed by atoms with Crippen LogP contribution in [-0.2, 0) is 6.18 Å². The zero-order valence-electron chi connectivity index (χ0n) is 12.4. The minimum absolute atomic E-state index is 0.0299. The molecule has 0 bridgehead atoms. The first-order valence-corrected chi connectivity index (χ1v) is 6.94. The molecule has 24 heavy (non-hydrogen) atoms. The van der Waals surface area contributed by atoms with Crippen molar-refractivity contribution in [3.8, 4) is 17.4 Å². The monoisotopic (exact) mass is 366 g/mol. The third-order valence-corrected chi connectivity index (χ3v) is 3.21. The first-order valence-electron chi connectivity index (χ1n) is 6.56. The molecule has 10 heteroatoms. The molecular formula is C14H11ClF4N2O3. The van der Waals surface area contributed by atoms with E-state index in [1.54, 1.807) is 0 Å². The Kier molecular flexibility index (Phi) is 5.02. The summed E-state index contributed by atoms with van der Waals surface area (Å²) in [5.41, 5.74) is -3.00. The van der Waals surface area contributed by atoms with E-state index in [9.17, 15) is 22.4 Å². The SMILES string of the molecule is CCOc1nc(C(F)(F)F)cc(=O)n1-c1cc(OC)c(Cl)cc1F. The number of ether oxygens (including phenoxy) is 2. The largest absolute Gasteiger partial charge is 0.495 e. The maximum atomic E-state index is 14.2. The second-order valence-corrected chi connectivity index (χ2v) is 4.87. The lowest BCUT2D eigenvalue weighted by Gasteiger charge is -2.15. The molecule has 1 aromatic heterocycles. The number of nitrogens with zero attached hydrogens (tertiary/aromatic N) is 2. The van der Waals surface area contributed by atoms with Gasteiger partial charge in [0.05, 0.1) is 24.4 Å². The molecular weight excluding hydrogens is 356 g/mol. The number of halogens is 5. The predicted octanol–water partition coefficient (Wildman–Crippen LogP) is 3.45. The van der Waals surface area contributed by atoms with Gasteiger partial charge in [0, 0.05) is 12.1 Å². The van der Waals surface area contributed by atoms with E-state index >= 15 is 0 Å². The summed E-state index contributed by atoms with van der Waals surface area (Å²) >= 11 is 5.77. The summed E-state index contributed by atoms with van der Waals surface area (Å²) < 4.78 is 63.0. The van der Waals surface area contributed by atoms with Gasteiger partial charge in [-0.1, -0.05) is 11.6 Å². The molecule has 130 valence electrons. The third-order valence-electron chi connectivity index (χ3n) is 2.91. The standard InChI is InChI=1S/C14H11ClF4N2O3/c1-3-24-13-20-11(14(17,18)19)6-12(22)21(13)9-5-10(23-2)7(15)4-8(9)16/h4-6H,3H2,1-2H3. The molecule has 0 aliphatic heterocycles. The van der Waals surface area contributed by atoms with Crippen molar-refractivity contribution in [2.24, 2.45) is 0 Å². The van der Waals surface area contributed by atoms with Crippen molar-refractivity contribution in [3.63, 3.8) is 0 Å². The van der Waals surface area contributed by atoms with Gasteiger partial charge in [-0.2, -0.15) is 18.2 Å². The molecule has 0 unspecified atom stereocenters. The molecule has 1 heterocycles. The maximum Gasteiger partial charge on any atom is 0.433 e. The molecule has 0 aliphatic rings. The molecule has 5 nitrogen and oxygen atoms in total. The van der Waals surface area contributed by atoms with E-state index in [0.717, 1.165) is 12.1 Å². The van der Waals surface area contributed by atoms with Gasteiger partial charge >= 0.3 is 12.2 Å². The quantitative estimate of drug-likeness (QED) is 0.778. The fourth-order valence-electron chi connectivity index (χ4n) is 1.90. The summed E-state index contributed by atoms with van der Waals surface area (Å²) in [6.45, 7) is 1.40. The van der Waals surface area contributed by atoms with E-state index in [0.29, 0.717) is 4.57 Å². The Hall–Kier alpha value is -2.29. The van der Waals surface area contributed by atoms with Crippen molar-refractivity contribution in [1.29, 1.82) is 0 Å². The number of rotatable bonds is 4. The van der Waals surface area contributed by atoms with Crippen LogP contribution < -0.4 is 15.0 Å². The highest BCUT2D eigenvalue weighted by atomic mass is 35.5. The number of hydrogen-bond acceptors (Lipinski definition) is 4. The van der Waals surface area contributed by atoms with Gasteiger partial charge in [-0.15, -0.1) is 0 Å². The summed E-state index contributed by atoms with van der Waals surface area (Å²) in [7, 11) is 1.26. The number of benzene rings is 1. The van der Waals surface area contributed by atoms with Gasteiger partial charge in [0.1, 0.15) is 11.6 Å². The van der Waals surface area contributed by atoms with Gasteiger partial charge in [-0.3, -0.25) is 4.79 Å². The fourth-order valence-corrected chi connectivity index (χ4v) is 2.13. The van der Waals surface area contributed by atoms with Crippen molar-refractivity contribution in [2.75, 3.05) is 13.7 Å². The van der Waals surface area contributed by atoms with E-state index in [1.165, 1.54) is 14.0 Å². The molecule has 0 spiro atoms. The van der Waals surface area contributed by atoms with Gasteiger partial charge in [0.2, 0.25) is 0 Å². The van der Waals surface area contributed by atoms with Crippen LogP contribution in [0, 0.1) is 5.82 Å². The molecule has 0 aliphatic carbocycles. The van der Waals surface area contributed by atoms with Crippen molar-refractivity contribution in [3.05, 3.63) is 45.1 Å². The number of methoxy groups -OCH3 is 1. The number of hydrogen-bond donors (Lipinski definition) is 0. The Morgan fingerprint density at radius 3 is 2.50 bits per heavy atom. The average molecular weight is 367 g/mol. The summed E-state index contributed by atoms with van der Waals surface area (Å²) in [6.07, 6.45) is -4.85. The molecule has 0 saturated carbocycles. The molecule has 0 radical (unpaired) electrons. The Morgan fingerprint density at radius 2 is 1.96 bits per heavy atom. The molecule has 0 fully saturated rings. The molecule has 0 N–H and O–H groups in total. The Labute approximate surface area is 138 Å². The highest BCUT2D eigenvalue weighted by molar-refractivity contribution is 6.32. The topological polar surface area (TPSA) is 53.3 Å². The molecule has 0 saturated heterocycles. The van der Waals surface area contributed by atoms with Crippen molar-refractivity contribution in [2.45, 2.75) is 13.1 Å². The summed E-state index contributed by atoms with van der Waals surface area (Å²) in [5, 5.41) is -0.0652. The summed E-state index contributed by atoms with van der Waals surface area (Å²) in [4.78, 5) is 15.4. The van der Waals surface area contributed by atoms with Crippen LogP contribution in [0.4, 0.5) is 17.6 Å². The van der Waals surface area contributed by atoms with E-state index in [4.69, 9.17) is 21.1 Å². The van der Waals surface area contributed by atoms with Crippen LogP contribution in [-0.4, -0.2) is 23.3 Å². The van der Waals surface area contributed by atoms with Crippen molar-refractivity contribution in [1.82, 2.24) is 9.55 Å². The van der Waals surface area contributed by atoms with Crippen LogP contribution in [0.25, 0.3) is 5.69 Å². The highest BCUT2D eigenvalue weighted by Gasteiger charge is 2.35. The fraction of sp³-hybridized carbons (Fsp3) is 0.286. The van der Waals surface area contributed by atoms with Gasteiger partial charge in [-0.25, -0.2) is 8.96 Å². The molecule has 0 amide bonds. The van der Waals surface area contributed by atoms with Crippen molar-refractivity contribution >= 4 is 11.6 Å². The number of alkyl halides is 3. The Balaban J connectivity index is 2.77. The summed E-state index contributed by atoms with van der Waals surface area (Å²) in [5.74, 6) is -0.923. The first kappa shape index (κ1) is 18.1. The van der Waals surface area contributed by atoms with Crippen LogP contribution in [0.5, 0.6) is 11.8 Å². The Bertz CT molecular complexity index is 821. The van der Waals surface area contributed by atoms with Crippen LogP contribution >= 0.6 is 11.6 Å². The van der Waals surface area contributed by atoms with Crippen LogP contribution in [0.2, 0.25) is 5.02 Å². The maximum absolute atomic E-state index is 14.2. The normalized spacial score (nSPS) is 11.5. The average Bonchev–Trinajstić information content (AvgIpc) is 2.47.